The van der Waals surface area contributed by atoms with Gasteiger partial charge in [0.05, 0.1) is 7.11 Å². The van der Waals surface area contributed by atoms with Crippen LogP contribution in [0.4, 0.5) is 5.69 Å². The van der Waals surface area contributed by atoms with E-state index in [1.54, 1.807) is 31.4 Å². The Balaban J connectivity index is 1.52. The standard InChI is InChI=1S/C23H26N2O3/c1-15-12-19-7-6-16(14-24-22(26)17-4-3-5-17)13-21(19)25(15)23(27)18-8-10-20(28-2)11-9-18/h6-11,13,15,17H,3-5,12,14H2,1-2H3,(H,24,26)/t15-/m0/s1. The van der Waals surface area contributed by atoms with Crippen molar-refractivity contribution in [2.45, 2.75) is 45.2 Å². The van der Waals surface area contributed by atoms with Gasteiger partial charge in [-0.05, 0) is 67.6 Å². The number of benzene rings is 2. The highest BCUT2D eigenvalue weighted by Gasteiger charge is 2.32. The van der Waals surface area contributed by atoms with Gasteiger partial charge in [0.1, 0.15) is 5.75 Å². The Morgan fingerprint density at radius 3 is 2.54 bits per heavy atom. The molecule has 1 aliphatic carbocycles. The fraction of sp³-hybridized carbons (Fsp3) is 0.391. The Kier molecular flexibility index (Phi) is 5.07. The number of amides is 2. The van der Waals surface area contributed by atoms with Crippen LogP contribution in [0.1, 0.15) is 47.7 Å². The number of carbonyl (C=O) groups is 2. The number of nitrogens with zero attached hydrogens (tertiary/aromatic N) is 1. The van der Waals surface area contributed by atoms with Crippen molar-refractivity contribution in [3.05, 3.63) is 59.2 Å². The fourth-order valence-electron chi connectivity index (χ4n) is 3.95. The highest BCUT2D eigenvalue weighted by molar-refractivity contribution is 6.07. The summed E-state index contributed by atoms with van der Waals surface area (Å²) < 4.78 is 5.18. The molecule has 0 bridgehead atoms. The van der Waals surface area contributed by atoms with Crippen molar-refractivity contribution in [3.63, 3.8) is 0 Å². The van der Waals surface area contributed by atoms with Crippen molar-refractivity contribution in [3.8, 4) is 5.75 Å². The molecule has 0 aromatic heterocycles. The van der Waals surface area contributed by atoms with E-state index in [4.69, 9.17) is 4.74 Å². The summed E-state index contributed by atoms with van der Waals surface area (Å²) in [7, 11) is 1.61. The first-order valence-corrected chi connectivity index (χ1v) is 9.94. The van der Waals surface area contributed by atoms with Gasteiger partial charge in [-0.1, -0.05) is 18.6 Å². The summed E-state index contributed by atoms with van der Waals surface area (Å²) in [6.45, 7) is 2.57. The number of hydrogen-bond donors (Lipinski definition) is 1. The molecule has 5 heteroatoms. The van der Waals surface area contributed by atoms with Crippen LogP contribution in [0, 0.1) is 5.92 Å². The third-order valence-corrected chi connectivity index (χ3v) is 5.86. The van der Waals surface area contributed by atoms with E-state index in [0.717, 1.165) is 42.7 Å². The van der Waals surface area contributed by atoms with Gasteiger partial charge < -0.3 is 15.0 Å². The van der Waals surface area contributed by atoms with Crippen molar-refractivity contribution in [1.29, 1.82) is 0 Å². The molecule has 0 unspecified atom stereocenters. The van der Waals surface area contributed by atoms with E-state index in [-0.39, 0.29) is 23.8 Å². The lowest BCUT2D eigenvalue weighted by molar-refractivity contribution is -0.127. The summed E-state index contributed by atoms with van der Waals surface area (Å²) in [5.74, 6) is 1.05. The third kappa shape index (κ3) is 3.49. The Labute approximate surface area is 165 Å². The van der Waals surface area contributed by atoms with Crippen LogP contribution in [0.5, 0.6) is 5.75 Å². The van der Waals surface area contributed by atoms with Crippen LogP contribution in [-0.4, -0.2) is 25.0 Å². The Hall–Kier alpha value is -2.82. The van der Waals surface area contributed by atoms with Gasteiger partial charge in [0.25, 0.3) is 5.91 Å². The molecule has 1 aliphatic heterocycles. The van der Waals surface area contributed by atoms with E-state index >= 15 is 0 Å². The number of fused-ring (bicyclic) bond motifs is 1. The van der Waals surface area contributed by atoms with Crippen molar-refractivity contribution in [2.24, 2.45) is 5.92 Å². The van der Waals surface area contributed by atoms with Crippen molar-refractivity contribution in [2.75, 3.05) is 12.0 Å². The normalized spacial score (nSPS) is 18.4. The lowest BCUT2D eigenvalue weighted by Crippen LogP contribution is -2.36. The minimum absolute atomic E-state index is 0.00967. The van der Waals surface area contributed by atoms with Gasteiger partial charge >= 0.3 is 0 Å². The second-order valence-corrected chi connectivity index (χ2v) is 7.77. The molecule has 2 aliphatic rings. The molecule has 1 N–H and O–H groups in total. The monoisotopic (exact) mass is 378 g/mol. The zero-order chi connectivity index (χ0) is 19.7. The number of ether oxygens (including phenoxy) is 1. The second-order valence-electron chi connectivity index (χ2n) is 7.77. The molecular weight excluding hydrogens is 352 g/mol. The molecule has 146 valence electrons. The van der Waals surface area contributed by atoms with Crippen LogP contribution in [0.2, 0.25) is 0 Å². The van der Waals surface area contributed by atoms with Crippen LogP contribution in [0.3, 0.4) is 0 Å². The van der Waals surface area contributed by atoms with Gasteiger partial charge in [0.15, 0.2) is 0 Å². The lowest BCUT2D eigenvalue weighted by atomic mass is 9.85. The number of carbonyl (C=O) groups excluding carboxylic acids is 2. The van der Waals surface area contributed by atoms with Crippen LogP contribution < -0.4 is 15.0 Å². The first kappa shape index (κ1) is 18.5. The molecule has 2 amide bonds. The summed E-state index contributed by atoms with van der Waals surface area (Å²) in [5, 5.41) is 3.04. The van der Waals surface area contributed by atoms with E-state index in [1.807, 2.05) is 17.0 Å². The number of anilines is 1. The summed E-state index contributed by atoms with van der Waals surface area (Å²) in [6, 6.07) is 13.5. The Morgan fingerprint density at radius 2 is 1.89 bits per heavy atom. The van der Waals surface area contributed by atoms with Crippen molar-refractivity contribution < 1.29 is 14.3 Å². The van der Waals surface area contributed by atoms with E-state index in [1.165, 1.54) is 5.56 Å². The molecule has 1 saturated carbocycles. The number of hydrogen-bond acceptors (Lipinski definition) is 3. The molecule has 1 heterocycles. The van der Waals surface area contributed by atoms with Crippen LogP contribution >= 0.6 is 0 Å². The molecule has 0 saturated heterocycles. The molecule has 0 radical (unpaired) electrons. The average molecular weight is 378 g/mol. The maximum absolute atomic E-state index is 13.1. The molecule has 4 rings (SSSR count). The van der Waals surface area contributed by atoms with E-state index in [0.29, 0.717) is 12.1 Å². The minimum Gasteiger partial charge on any atom is -0.497 e. The third-order valence-electron chi connectivity index (χ3n) is 5.86. The highest BCUT2D eigenvalue weighted by atomic mass is 16.5. The number of rotatable bonds is 5. The molecular formula is C23H26N2O3. The van der Waals surface area contributed by atoms with Crippen LogP contribution in [0.15, 0.2) is 42.5 Å². The summed E-state index contributed by atoms with van der Waals surface area (Å²) >= 11 is 0. The molecule has 1 fully saturated rings. The van der Waals surface area contributed by atoms with Gasteiger partial charge in [-0.25, -0.2) is 0 Å². The predicted octanol–water partition coefficient (Wildman–Crippen LogP) is 3.70. The van der Waals surface area contributed by atoms with E-state index < -0.39 is 0 Å². The summed E-state index contributed by atoms with van der Waals surface area (Å²) in [4.78, 5) is 27.1. The fourth-order valence-corrected chi connectivity index (χ4v) is 3.95. The lowest BCUT2D eigenvalue weighted by Gasteiger charge is -2.25. The van der Waals surface area contributed by atoms with Gasteiger partial charge in [-0.2, -0.15) is 0 Å². The van der Waals surface area contributed by atoms with E-state index in [2.05, 4.69) is 18.3 Å². The van der Waals surface area contributed by atoms with Crippen LogP contribution in [0.25, 0.3) is 0 Å². The maximum atomic E-state index is 13.1. The average Bonchev–Trinajstić information content (AvgIpc) is 2.99. The number of nitrogens with one attached hydrogen (secondary N) is 1. The van der Waals surface area contributed by atoms with Gasteiger partial charge in [-0.3, -0.25) is 9.59 Å². The summed E-state index contributed by atoms with van der Waals surface area (Å²) in [5.41, 5.74) is 3.78. The van der Waals surface area contributed by atoms with Crippen LogP contribution in [-0.2, 0) is 17.8 Å². The maximum Gasteiger partial charge on any atom is 0.258 e. The first-order chi connectivity index (χ1) is 13.6. The zero-order valence-electron chi connectivity index (χ0n) is 16.4. The van der Waals surface area contributed by atoms with E-state index in [9.17, 15) is 9.59 Å². The molecule has 0 spiro atoms. The topological polar surface area (TPSA) is 58.6 Å². The molecule has 2 aromatic carbocycles. The molecule has 2 aromatic rings. The second kappa shape index (κ2) is 7.66. The molecule has 5 nitrogen and oxygen atoms in total. The van der Waals surface area contributed by atoms with Gasteiger partial charge in [0.2, 0.25) is 5.91 Å². The molecule has 1 atom stereocenters. The summed E-state index contributed by atoms with van der Waals surface area (Å²) in [6.07, 6.45) is 3.98. The SMILES string of the molecule is COc1ccc(C(=O)N2c3cc(CNC(=O)C4CCC4)ccc3C[C@@H]2C)cc1. The smallest absolute Gasteiger partial charge is 0.258 e. The minimum atomic E-state index is -0.00967. The van der Waals surface area contributed by atoms with Crippen molar-refractivity contribution >= 4 is 17.5 Å². The number of methoxy groups -OCH3 is 1. The Morgan fingerprint density at radius 1 is 1.14 bits per heavy atom. The van der Waals surface area contributed by atoms with Gasteiger partial charge in [0, 0.05) is 29.8 Å². The van der Waals surface area contributed by atoms with Gasteiger partial charge in [-0.15, -0.1) is 0 Å². The largest absolute Gasteiger partial charge is 0.497 e. The predicted molar refractivity (Wildman–Crippen MR) is 109 cm³/mol. The first-order valence-electron chi connectivity index (χ1n) is 9.94. The quantitative estimate of drug-likeness (QED) is 0.863. The highest BCUT2D eigenvalue weighted by Crippen LogP contribution is 2.34. The molecule has 28 heavy (non-hydrogen) atoms. The Bertz CT molecular complexity index is 887. The zero-order valence-corrected chi connectivity index (χ0v) is 16.4. The van der Waals surface area contributed by atoms with Crippen molar-refractivity contribution in [1.82, 2.24) is 5.32 Å².